The lowest BCUT2D eigenvalue weighted by atomic mass is 10.3. The van der Waals surface area contributed by atoms with Gasteiger partial charge >= 0.3 is 5.97 Å². The number of hydrogen-bond acceptors (Lipinski definition) is 6. The van der Waals surface area contributed by atoms with E-state index in [9.17, 15) is 4.79 Å². The number of aromatic nitrogens is 2. The molecule has 0 fully saturated rings. The number of aliphatic carboxylic acids is 1. The van der Waals surface area contributed by atoms with Gasteiger partial charge in [-0.25, -0.2) is 4.79 Å². The van der Waals surface area contributed by atoms with Gasteiger partial charge in [-0.2, -0.15) is 0 Å². The molecule has 0 bridgehead atoms. The zero-order valence-electron chi connectivity index (χ0n) is 9.01. The van der Waals surface area contributed by atoms with Gasteiger partial charge < -0.3 is 19.0 Å². The Hall–Kier alpha value is -1.47. The van der Waals surface area contributed by atoms with Crippen molar-refractivity contribution in [3.05, 3.63) is 11.8 Å². The van der Waals surface area contributed by atoms with Crippen LogP contribution in [-0.4, -0.2) is 41.6 Å². The highest BCUT2D eigenvalue weighted by Crippen LogP contribution is 2.04. The second kappa shape index (κ2) is 6.91. The van der Waals surface area contributed by atoms with Crippen molar-refractivity contribution in [3.63, 3.8) is 0 Å². The van der Waals surface area contributed by atoms with Crippen LogP contribution in [-0.2, 0) is 27.3 Å². The minimum Gasteiger partial charge on any atom is -0.480 e. The molecule has 1 N–H and O–H groups in total. The Morgan fingerprint density at radius 2 is 2.19 bits per heavy atom. The molecule has 0 aliphatic heterocycles. The van der Waals surface area contributed by atoms with Crippen LogP contribution in [0.3, 0.4) is 0 Å². The first-order valence-corrected chi connectivity index (χ1v) is 4.82. The van der Waals surface area contributed by atoms with Crippen LogP contribution in [0.15, 0.2) is 4.42 Å². The van der Waals surface area contributed by atoms with Gasteiger partial charge in [-0.1, -0.05) is 0 Å². The van der Waals surface area contributed by atoms with E-state index in [1.54, 1.807) is 7.11 Å². The van der Waals surface area contributed by atoms with E-state index in [4.69, 9.17) is 19.0 Å². The molecule has 0 unspecified atom stereocenters. The van der Waals surface area contributed by atoms with Gasteiger partial charge in [0.15, 0.2) is 0 Å². The SMILES string of the molecule is COCCCc1nnc(COCC(=O)O)o1. The average molecular weight is 230 g/mol. The van der Waals surface area contributed by atoms with E-state index in [1.807, 2.05) is 0 Å². The fourth-order valence-corrected chi connectivity index (χ4v) is 1.04. The summed E-state index contributed by atoms with van der Waals surface area (Å²) in [5.74, 6) is -0.237. The zero-order chi connectivity index (χ0) is 11.8. The summed E-state index contributed by atoms with van der Waals surface area (Å²) in [4.78, 5) is 10.2. The summed E-state index contributed by atoms with van der Waals surface area (Å²) < 4.78 is 14.9. The molecule has 16 heavy (non-hydrogen) atoms. The summed E-state index contributed by atoms with van der Waals surface area (Å²) in [6.45, 7) is 0.276. The van der Waals surface area contributed by atoms with Gasteiger partial charge in [0.25, 0.3) is 0 Å². The van der Waals surface area contributed by atoms with Crippen LogP contribution < -0.4 is 0 Å². The summed E-state index contributed by atoms with van der Waals surface area (Å²) in [5.41, 5.74) is 0. The number of methoxy groups -OCH3 is 1. The Kier molecular flexibility index (Phi) is 5.44. The molecule has 0 aliphatic rings. The highest BCUT2D eigenvalue weighted by Gasteiger charge is 2.06. The summed E-state index contributed by atoms with van der Waals surface area (Å²) >= 11 is 0. The van der Waals surface area contributed by atoms with Gasteiger partial charge in [0.2, 0.25) is 11.8 Å². The van der Waals surface area contributed by atoms with Crippen molar-refractivity contribution in [2.75, 3.05) is 20.3 Å². The quantitative estimate of drug-likeness (QED) is 0.639. The number of aryl methyl sites for hydroxylation is 1. The first-order valence-electron chi connectivity index (χ1n) is 4.82. The molecule has 90 valence electrons. The molecule has 1 aromatic heterocycles. The standard InChI is InChI=1S/C9H14N2O5/c1-14-4-2-3-7-10-11-8(16-7)5-15-6-9(12)13/h2-6H2,1H3,(H,12,13). The van der Waals surface area contributed by atoms with E-state index < -0.39 is 5.97 Å². The van der Waals surface area contributed by atoms with Gasteiger partial charge in [-0.15, -0.1) is 10.2 Å². The van der Waals surface area contributed by atoms with Gasteiger partial charge in [-0.3, -0.25) is 0 Å². The normalized spacial score (nSPS) is 10.6. The van der Waals surface area contributed by atoms with Crippen LogP contribution in [0.1, 0.15) is 18.2 Å². The number of rotatable bonds is 8. The van der Waals surface area contributed by atoms with Crippen molar-refractivity contribution in [1.29, 1.82) is 0 Å². The predicted molar refractivity (Wildman–Crippen MR) is 51.8 cm³/mol. The van der Waals surface area contributed by atoms with Crippen LogP contribution in [0.5, 0.6) is 0 Å². The largest absolute Gasteiger partial charge is 0.480 e. The Morgan fingerprint density at radius 3 is 2.88 bits per heavy atom. The predicted octanol–water partition coefficient (Wildman–Crippen LogP) is 0.250. The highest BCUT2D eigenvalue weighted by molar-refractivity contribution is 5.67. The first kappa shape index (κ1) is 12.6. The molecule has 0 amide bonds. The van der Waals surface area contributed by atoms with Gasteiger partial charge in [0.05, 0.1) is 0 Å². The second-order valence-corrected chi connectivity index (χ2v) is 3.07. The molecule has 0 saturated carbocycles. The van der Waals surface area contributed by atoms with Crippen LogP contribution >= 0.6 is 0 Å². The van der Waals surface area contributed by atoms with Crippen molar-refractivity contribution in [3.8, 4) is 0 Å². The number of carbonyl (C=O) groups is 1. The highest BCUT2D eigenvalue weighted by atomic mass is 16.5. The Bertz CT molecular complexity index is 325. The number of nitrogens with zero attached hydrogens (tertiary/aromatic N) is 2. The van der Waals surface area contributed by atoms with Crippen molar-refractivity contribution >= 4 is 5.97 Å². The molecule has 1 heterocycles. The molecule has 0 spiro atoms. The van der Waals surface area contributed by atoms with Crippen molar-refractivity contribution in [2.45, 2.75) is 19.4 Å². The maximum Gasteiger partial charge on any atom is 0.329 e. The molecule has 7 nitrogen and oxygen atoms in total. The lowest BCUT2D eigenvalue weighted by Crippen LogP contribution is -2.06. The number of carboxylic acid groups (broad SMARTS) is 1. The van der Waals surface area contributed by atoms with Crippen LogP contribution in [0.2, 0.25) is 0 Å². The molecule has 0 radical (unpaired) electrons. The average Bonchev–Trinajstić information content (AvgIpc) is 2.66. The van der Waals surface area contributed by atoms with E-state index in [-0.39, 0.29) is 19.1 Å². The minimum atomic E-state index is -1.03. The third-order valence-electron chi connectivity index (χ3n) is 1.70. The third-order valence-corrected chi connectivity index (χ3v) is 1.70. The van der Waals surface area contributed by atoms with E-state index in [1.165, 1.54) is 0 Å². The first-order chi connectivity index (χ1) is 7.72. The van der Waals surface area contributed by atoms with Crippen molar-refractivity contribution < 1.29 is 23.8 Å². The number of hydrogen-bond donors (Lipinski definition) is 1. The summed E-state index contributed by atoms with van der Waals surface area (Å²) in [6.07, 6.45) is 1.44. The van der Waals surface area contributed by atoms with Crippen molar-refractivity contribution in [1.82, 2.24) is 10.2 Å². The number of ether oxygens (including phenoxy) is 2. The van der Waals surface area contributed by atoms with E-state index in [0.717, 1.165) is 6.42 Å². The summed E-state index contributed by atoms with van der Waals surface area (Å²) in [5, 5.41) is 15.8. The maximum atomic E-state index is 10.2. The molecule has 1 aromatic rings. The van der Waals surface area contributed by atoms with Gasteiger partial charge in [0.1, 0.15) is 13.2 Å². The summed E-state index contributed by atoms with van der Waals surface area (Å²) in [6, 6.07) is 0. The Balaban J connectivity index is 2.25. The Morgan fingerprint density at radius 1 is 1.44 bits per heavy atom. The molecule has 0 aromatic carbocycles. The molecule has 0 atom stereocenters. The van der Waals surface area contributed by atoms with Crippen LogP contribution in [0.4, 0.5) is 0 Å². The van der Waals surface area contributed by atoms with E-state index >= 15 is 0 Å². The Labute approximate surface area is 92.4 Å². The minimum absolute atomic E-state index is 0.0174. The summed E-state index contributed by atoms with van der Waals surface area (Å²) in [7, 11) is 1.62. The monoisotopic (exact) mass is 230 g/mol. The molecule has 0 saturated heterocycles. The zero-order valence-corrected chi connectivity index (χ0v) is 9.01. The van der Waals surface area contributed by atoms with E-state index in [2.05, 4.69) is 10.2 Å². The van der Waals surface area contributed by atoms with Crippen LogP contribution in [0.25, 0.3) is 0 Å². The maximum absolute atomic E-state index is 10.2. The smallest absolute Gasteiger partial charge is 0.329 e. The van der Waals surface area contributed by atoms with Crippen molar-refractivity contribution in [2.24, 2.45) is 0 Å². The molecule has 7 heteroatoms. The molecular weight excluding hydrogens is 216 g/mol. The molecule has 0 aliphatic carbocycles. The lowest BCUT2D eigenvalue weighted by Gasteiger charge is -1.95. The molecular formula is C9H14N2O5. The van der Waals surface area contributed by atoms with Crippen LogP contribution in [0, 0.1) is 0 Å². The fraction of sp³-hybridized carbons (Fsp3) is 0.667. The number of carboxylic acids is 1. The topological polar surface area (TPSA) is 94.7 Å². The van der Waals surface area contributed by atoms with E-state index in [0.29, 0.717) is 18.9 Å². The lowest BCUT2D eigenvalue weighted by molar-refractivity contribution is -0.142. The second-order valence-electron chi connectivity index (χ2n) is 3.07. The molecule has 1 rings (SSSR count). The third kappa shape index (κ3) is 4.85. The van der Waals surface area contributed by atoms with Gasteiger partial charge in [-0.05, 0) is 6.42 Å². The van der Waals surface area contributed by atoms with Gasteiger partial charge in [0, 0.05) is 20.1 Å². The fourth-order valence-electron chi connectivity index (χ4n) is 1.04.